The van der Waals surface area contributed by atoms with Crippen molar-refractivity contribution in [1.29, 1.82) is 5.41 Å². The molecule has 5 aromatic rings. The van der Waals surface area contributed by atoms with Gasteiger partial charge < -0.3 is 25.4 Å². The van der Waals surface area contributed by atoms with E-state index in [1.807, 2.05) is 66.8 Å². The molecule has 414 valence electrons. The van der Waals surface area contributed by atoms with Crippen LogP contribution < -0.4 is 0 Å². The normalized spacial score (nSPS) is 15.8. The number of aryl methyl sites for hydroxylation is 1. The summed E-state index contributed by atoms with van der Waals surface area (Å²) in [5.74, 6) is 1.99. The Bertz CT molecular complexity index is 3150. The Morgan fingerprint density at radius 2 is 1.15 bits per heavy atom. The van der Waals surface area contributed by atoms with Crippen molar-refractivity contribution in [1.82, 2.24) is 19.9 Å². The number of rotatable bonds is 20. The van der Waals surface area contributed by atoms with Crippen molar-refractivity contribution < 1.29 is 61.2 Å². The smallest absolute Gasteiger partial charge is 0.753 e. The summed E-state index contributed by atoms with van der Waals surface area (Å²) in [6.07, 6.45) is 30.0. The number of hydrogen-bond donors (Lipinski definition) is 1. The average molecular weight is 1210 g/mol. The van der Waals surface area contributed by atoms with Gasteiger partial charge in [-0.1, -0.05) is 62.7 Å². The van der Waals surface area contributed by atoms with Crippen molar-refractivity contribution in [2.75, 3.05) is 0 Å². The Hall–Kier alpha value is -7.69. The molecule has 5 aromatic heterocycles. The SMILES string of the molecule is CCCCCCc1ccc(/C=C/c2ccnc(/C([NH-])=C/C(=N)C(F)(F)F)c2)s1.O=COC1=C/C(=C/c2ccnc(-c3cc(/C=C4/C=C(OC=O)CCC4)cc(-c4cc(/C=C5/C=C(OC=O)CCC5)ccn4)n3)c2)CCC1.[N-]=C=S.[Ru+2]. The summed E-state index contributed by atoms with van der Waals surface area (Å²) in [5.41, 5.74) is 15.4. The molecule has 0 bridgehead atoms. The fourth-order valence-corrected chi connectivity index (χ4v) is 9.63. The molecule has 0 spiro atoms. The van der Waals surface area contributed by atoms with E-state index in [9.17, 15) is 27.6 Å². The molecule has 0 saturated heterocycles. The van der Waals surface area contributed by atoms with Gasteiger partial charge in [-0.2, -0.15) is 18.3 Å². The molecular formula is C61H58F3N7O6RuS2. The van der Waals surface area contributed by atoms with Gasteiger partial charge in [0.2, 0.25) is 0 Å². The van der Waals surface area contributed by atoms with E-state index in [-0.39, 0.29) is 25.2 Å². The fraction of sp³-hybridized carbons (Fsp3) is 0.262. The fourth-order valence-electron chi connectivity index (χ4n) is 8.67. The van der Waals surface area contributed by atoms with Gasteiger partial charge in [-0.15, -0.1) is 17.0 Å². The maximum absolute atomic E-state index is 12.4. The van der Waals surface area contributed by atoms with Gasteiger partial charge in [0.15, 0.2) is 0 Å². The van der Waals surface area contributed by atoms with E-state index in [1.54, 1.807) is 29.8 Å². The Kier molecular flexibility index (Phi) is 26.1. The molecule has 19 heteroatoms. The Labute approximate surface area is 485 Å². The predicted molar refractivity (Wildman–Crippen MR) is 309 cm³/mol. The predicted octanol–water partition coefficient (Wildman–Crippen LogP) is 16.1. The van der Waals surface area contributed by atoms with Crippen molar-refractivity contribution in [2.45, 2.75) is 103 Å². The summed E-state index contributed by atoms with van der Waals surface area (Å²) < 4.78 is 52.7. The van der Waals surface area contributed by atoms with Gasteiger partial charge in [0.25, 0.3) is 19.4 Å². The first-order valence-corrected chi connectivity index (χ1v) is 26.8. The summed E-state index contributed by atoms with van der Waals surface area (Å²) in [6.45, 7) is 3.61. The number of pyridine rings is 4. The summed E-state index contributed by atoms with van der Waals surface area (Å²) in [4.78, 5) is 53.5. The van der Waals surface area contributed by atoms with Crippen molar-refractivity contribution >= 4 is 89.9 Å². The van der Waals surface area contributed by atoms with Gasteiger partial charge in [0.05, 0.1) is 22.8 Å². The minimum absolute atomic E-state index is 0. The molecule has 0 amide bonds. The topological polar surface area (TPSA) is 200 Å². The van der Waals surface area contributed by atoms with Crippen LogP contribution in [0.15, 0.2) is 138 Å². The minimum atomic E-state index is -4.77. The van der Waals surface area contributed by atoms with Gasteiger partial charge in [-0.25, -0.2) is 4.98 Å². The van der Waals surface area contributed by atoms with Crippen LogP contribution in [0, 0.1) is 5.41 Å². The number of carbonyl (C=O) groups is 3. The summed E-state index contributed by atoms with van der Waals surface area (Å²) >= 11 is 5.43. The number of ether oxygens (including phenoxy) is 3. The number of carbonyl (C=O) groups excluding carboxylic acids is 3. The number of hydrogen-bond acceptors (Lipinski definition) is 13. The van der Waals surface area contributed by atoms with Crippen molar-refractivity contribution in [3.05, 3.63) is 186 Å². The van der Waals surface area contributed by atoms with E-state index in [0.717, 1.165) is 108 Å². The van der Waals surface area contributed by atoms with Crippen LogP contribution in [-0.4, -0.2) is 56.4 Å². The third-order valence-electron chi connectivity index (χ3n) is 12.4. The largest absolute Gasteiger partial charge is 2.00 e. The van der Waals surface area contributed by atoms with Crippen molar-refractivity contribution in [3.8, 4) is 22.8 Å². The van der Waals surface area contributed by atoms with Gasteiger partial charge in [-0.05, 0) is 181 Å². The molecule has 0 fully saturated rings. The molecule has 3 aliphatic carbocycles. The number of alkyl halides is 3. The van der Waals surface area contributed by atoms with Crippen LogP contribution in [0.2, 0.25) is 0 Å². The Morgan fingerprint density at radius 1 is 0.675 bits per heavy atom. The zero-order chi connectivity index (χ0) is 56.4. The molecule has 0 saturated carbocycles. The standard InChI is InChI=1S/C39H35N3O6.C21H23F3N3S.CNS.Ru/c43-24-46-33-7-1-4-27(17-33)14-30-10-12-40-36(20-30)38-22-32(16-29-6-3-9-35(19-29)48-26-45)23-39(42-38)37-21-31(11-13-41-37)15-28-5-2-8-34(18-28)47-25-44;1-2-3-4-5-6-16-9-10-17(28-16)8-7-15-11-12-27-19(13-15)18(25)14-20(26)21(22,23)24;2-1-3;/h10-26H,1-9H2;7-14,25-26H,2-6H2,1H3;;/q;2*-1;+2/b27-14+,28-15+,29-16+;8-7+,18-14-,26-20?;;. The zero-order valence-corrected chi connectivity index (χ0v) is 47.2. The number of isothiocyanates is 1. The van der Waals surface area contributed by atoms with E-state index in [4.69, 9.17) is 35.7 Å². The van der Waals surface area contributed by atoms with Crippen LogP contribution in [0.4, 0.5) is 13.2 Å². The Morgan fingerprint density at radius 3 is 1.64 bits per heavy atom. The molecule has 0 unspecified atom stereocenters. The van der Waals surface area contributed by atoms with Gasteiger partial charge in [0, 0.05) is 53.3 Å². The summed E-state index contributed by atoms with van der Waals surface area (Å²) in [6, 6.07) is 19.3. The number of allylic oxidation sites excluding steroid dienone is 10. The number of unbranched alkanes of at least 4 members (excludes halogenated alkanes) is 3. The second kappa shape index (κ2) is 33.0. The van der Waals surface area contributed by atoms with Gasteiger partial charge >= 0.3 is 25.7 Å². The van der Waals surface area contributed by atoms with Crippen LogP contribution in [-0.2, 0) is 54.5 Å². The quantitative estimate of drug-likeness (QED) is 0.0194. The van der Waals surface area contributed by atoms with E-state index >= 15 is 0 Å². The Balaban J connectivity index is 0.000000314. The van der Waals surface area contributed by atoms with E-state index in [0.29, 0.717) is 65.5 Å². The maximum Gasteiger partial charge on any atom is 2.00 e. The molecular weight excluding hydrogens is 1150 g/mol. The van der Waals surface area contributed by atoms with Gasteiger partial charge in [-0.3, -0.25) is 34.7 Å². The third kappa shape index (κ3) is 20.8. The minimum Gasteiger partial charge on any atom is -0.753 e. The van der Waals surface area contributed by atoms with E-state index in [1.165, 1.54) is 48.0 Å². The monoisotopic (exact) mass is 1210 g/mol. The van der Waals surface area contributed by atoms with E-state index in [2.05, 4.69) is 64.5 Å². The molecule has 0 aromatic carbocycles. The van der Waals surface area contributed by atoms with Gasteiger partial charge in [0.1, 0.15) is 23.0 Å². The number of nitrogens with zero attached hydrogens (tertiary/aromatic N) is 5. The van der Waals surface area contributed by atoms with Crippen LogP contribution in [0.25, 0.3) is 70.0 Å². The van der Waals surface area contributed by atoms with Crippen LogP contribution in [0.1, 0.15) is 128 Å². The molecule has 0 radical (unpaired) electrons. The van der Waals surface area contributed by atoms with Crippen LogP contribution in [0.3, 0.4) is 0 Å². The molecule has 2 N–H and O–H groups in total. The number of thiocarbonyl (C=S) groups is 1. The summed E-state index contributed by atoms with van der Waals surface area (Å²) in [5, 5.41) is 15.4. The maximum atomic E-state index is 12.4. The molecule has 80 heavy (non-hydrogen) atoms. The first-order chi connectivity index (χ1) is 38.3. The second-order valence-corrected chi connectivity index (χ2v) is 19.7. The van der Waals surface area contributed by atoms with Crippen molar-refractivity contribution in [2.24, 2.45) is 0 Å². The van der Waals surface area contributed by atoms with E-state index < -0.39 is 17.6 Å². The average Bonchev–Trinajstić information content (AvgIpc) is 3.91. The molecule has 3 aliphatic rings. The summed E-state index contributed by atoms with van der Waals surface area (Å²) in [7, 11) is 0. The molecule has 0 aliphatic heterocycles. The molecule has 13 nitrogen and oxygen atoms in total. The number of thiophene rings is 1. The molecule has 5 heterocycles. The first-order valence-electron chi connectivity index (χ1n) is 25.6. The van der Waals surface area contributed by atoms with Crippen molar-refractivity contribution in [3.63, 3.8) is 0 Å². The molecule has 8 rings (SSSR count). The number of halogens is 3. The number of aromatic nitrogens is 4. The van der Waals surface area contributed by atoms with Crippen LogP contribution in [0.5, 0.6) is 0 Å². The molecule has 0 atom stereocenters. The first kappa shape index (κ1) is 63.1. The second-order valence-electron chi connectivity index (χ2n) is 18.3. The van der Waals surface area contributed by atoms with Crippen LogP contribution >= 0.6 is 23.6 Å². The number of nitrogens with one attached hydrogen (secondary N) is 2. The zero-order valence-electron chi connectivity index (χ0n) is 43.8. The third-order valence-corrected chi connectivity index (χ3v) is 13.5.